The van der Waals surface area contributed by atoms with Gasteiger partial charge in [0.05, 0.1) is 4.61 Å². The summed E-state index contributed by atoms with van der Waals surface area (Å²) in [6.07, 6.45) is 0. The van der Waals surface area contributed by atoms with Gasteiger partial charge in [-0.2, -0.15) is 0 Å². The van der Waals surface area contributed by atoms with Crippen LogP contribution in [-0.2, 0) is 0 Å². The minimum absolute atomic E-state index is 0.550. The van der Waals surface area contributed by atoms with Crippen molar-refractivity contribution >= 4 is 15.9 Å². The number of halogens is 1. The lowest BCUT2D eigenvalue weighted by Crippen LogP contribution is -2.34. The van der Waals surface area contributed by atoms with Crippen LogP contribution in [0.5, 0.6) is 0 Å². The normalized spacial score (nSPS) is 10.8. The second kappa shape index (κ2) is 4.90. The highest BCUT2D eigenvalue weighted by molar-refractivity contribution is 9.11. The second-order valence-corrected chi connectivity index (χ2v) is 4.64. The standard InChI is InChI=1S/C10H20BrN/c1-7(2)10(11)12(8(3)4)9(5)6/h8-9H,1-6H3. The lowest BCUT2D eigenvalue weighted by atomic mass is 10.2. The van der Waals surface area contributed by atoms with E-state index in [0.717, 1.165) is 0 Å². The van der Waals surface area contributed by atoms with Gasteiger partial charge in [-0.15, -0.1) is 0 Å². The van der Waals surface area contributed by atoms with Crippen LogP contribution in [0.2, 0.25) is 0 Å². The second-order valence-electron chi connectivity index (χ2n) is 3.89. The zero-order valence-electron chi connectivity index (χ0n) is 8.98. The minimum atomic E-state index is 0.550. The van der Waals surface area contributed by atoms with E-state index in [1.165, 1.54) is 10.2 Å². The van der Waals surface area contributed by atoms with Gasteiger partial charge < -0.3 is 4.90 Å². The maximum Gasteiger partial charge on any atom is 0.0796 e. The number of allylic oxidation sites excluding steroid dienone is 1. The molecule has 0 amide bonds. The first-order valence-electron chi connectivity index (χ1n) is 4.49. The van der Waals surface area contributed by atoms with Crippen LogP contribution in [0, 0.1) is 0 Å². The van der Waals surface area contributed by atoms with Crippen molar-refractivity contribution in [2.45, 2.75) is 53.6 Å². The van der Waals surface area contributed by atoms with Crippen molar-refractivity contribution in [1.82, 2.24) is 4.90 Å². The Morgan fingerprint density at radius 3 is 1.42 bits per heavy atom. The Morgan fingerprint density at radius 2 is 1.33 bits per heavy atom. The van der Waals surface area contributed by atoms with Gasteiger partial charge in [-0.05, 0) is 63.0 Å². The minimum Gasteiger partial charge on any atom is -0.361 e. The highest BCUT2D eigenvalue weighted by Crippen LogP contribution is 2.22. The highest BCUT2D eigenvalue weighted by atomic mass is 79.9. The van der Waals surface area contributed by atoms with Gasteiger partial charge in [0.15, 0.2) is 0 Å². The van der Waals surface area contributed by atoms with Gasteiger partial charge in [-0.1, -0.05) is 0 Å². The summed E-state index contributed by atoms with van der Waals surface area (Å²) in [5, 5.41) is 0. The molecule has 0 heterocycles. The van der Waals surface area contributed by atoms with E-state index in [-0.39, 0.29) is 0 Å². The maximum absolute atomic E-state index is 3.62. The molecule has 0 saturated carbocycles. The smallest absolute Gasteiger partial charge is 0.0796 e. The lowest BCUT2D eigenvalue weighted by Gasteiger charge is -2.33. The van der Waals surface area contributed by atoms with Gasteiger partial charge >= 0.3 is 0 Å². The molecule has 12 heavy (non-hydrogen) atoms. The summed E-state index contributed by atoms with van der Waals surface area (Å²) in [5.74, 6) is 0. The zero-order chi connectivity index (χ0) is 9.89. The average molecular weight is 234 g/mol. The number of nitrogens with zero attached hydrogens (tertiary/aromatic N) is 1. The number of hydrogen-bond donors (Lipinski definition) is 0. The molecule has 0 aromatic heterocycles. The number of rotatable bonds is 3. The van der Waals surface area contributed by atoms with Crippen LogP contribution in [0.1, 0.15) is 41.5 Å². The Balaban J connectivity index is 4.64. The third-order valence-corrected chi connectivity index (χ3v) is 2.95. The summed E-state index contributed by atoms with van der Waals surface area (Å²) < 4.78 is 1.23. The molecule has 0 radical (unpaired) electrons. The molecule has 2 heteroatoms. The topological polar surface area (TPSA) is 3.24 Å². The highest BCUT2D eigenvalue weighted by Gasteiger charge is 2.14. The molecule has 0 aliphatic heterocycles. The molecule has 0 rings (SSSR count). The van der Waals surface area contributed by atoms with Crippen molar-refractivity contribution in [3.05, 3.63) is 10.2 Å². The van der Waals surface area contributed by atoms with Crippen LogP contribution < -0.4 is 0 Å². The molecule has 0 aliphatic carbocycles. The van der Waals surface area contributed by atoms with E-state index in [9.17, 15) is 0 Å². The fourth-order valence-electron chi connectivity index (χ4n) is 1.31. The van der Waals surface area contributed by atoms with Crippen molar-refractivity contribution in [2.24, 2.45) is 0 Å². The van der Waals surface area contributed by atoms with E-state index in [1.807, 2.05) is 0 Å². The molecule has 0 saturated heterocycles. The van der Waals surface area contributed by atoms with Crippen LogP contribution >= 0.6 is 15.9 Å². The Hall–Kier alpha value is 0.0200. The fraction of sp³-hybridized carbons (Fsp3) is 0.800. The largest absolute Gasteiger partial charge is 0.361 e. The Bertz CT molecular complexity index is 159. The molecule has 1 nitrogen and oxygen atoms in total. The van der Waals surface area contributed by atoms with Crippen molar-refractivity contribution in [2.75, 3.05) is 0 Å². The molecular weight excluding hydrogens is 214 g/mol. The summed E-state index contributed by atoms with van der Waals surface area (Å²) in [7, 11) is 0. The first kappa shape index (κ1) is 12.0. The molecular formula is C10H20BrN. The van der Waals surface area contributed by atoms with E-state index >= 15 is 0 Å². The van der Waals surface area contributed by atoms with E-state index in [2.05, 4.69) is 62.4 Å². The summed E-state index contributed by atoms with van der Waals surface area (Å²) in [4.78, 5) is 2.37. The van der Waals surface area contributed by atoms with Crippen molar-refractivity contribution in [3.8, 4) is 0 Å². The maximum atomic E-state index is 3.62. The summed E-state index contributed by atoms with van der Waals surface area (Å²) in [5.41, 5.74) is 1.33. The first-order chi connectivity index (χ1) is 5.37. The molecule has 72 valence electrons. The average Bonchev–Trinajstić information content (AvgIpc) is 1.85. The van der Waals surface area contributed by atoms with Crippen molar-refractivity contribution in [1.29, 1.82) is 0 Å². The Morgan fingerprint density at radius 1 is 1.00 bits per heavy atom. The molecule has 0 fully saturated rings. The molecule has 0 bridgehead atoms. The quantitative estimate of drug-likeness (QED) is 0.672. The fourth-order valence-corrected chi connectivity index (χ4v) is 2.13. The summed E-state index contributed by atoms with van der Waals surface area (Å²) in [6.45, 7) is 13.1. The first-order valence-corrected chi connectivity index (χ1v) is 5.28. The summed E-state index contributed by atoms with van der Waals surface area (Å²) in [6, 6.07) is 1.10. The molecule has 0 N–H and O–H groups in total. The van der Waals surface area contributed by atoms with Gasteiger partial charge in [0, 0.05) is 12.1 Å². The summed E-state index contributed by atoms with van der Waals surface area (Å²) >= 11 is 3.62. The van der Waals surface area contributed by atoms with E-state index in [4.69, 9.17) is 0 Å². The predicted molar refractivity (Wildman–Crippen MR) is 59.4 cm³/mol. The van der Waals surface area contributed by atoms with Crippen LogP contribution in [0.4, 0.5) is 0 Å². The van der Waals surface area contributed by atoms with Gasteiger partial charge in [0.1, 0.15) is 0 Å². The third-order valence-electron chi connectivity index (χ3n) is 1.75. The van der Waals surface area contributed by atoms with Gasteiger partial charge in [0.2, 0.25) is 0 Å². The van der Waals surface area contributed by atoms with Crippen LogP contribution in [-0.4, -0.2) is 17.0 Å². The van der Waals surface area contributed by atoms with E-state index in [1.54, 1.807) is 0 Å². The lowest BCUT2D eigenvalue weighted by molar-refractivity contribution is 0.248. The molecule has 0 spiro atoms. The van der Waals surface area contributed by atoms with E-state index in [0.29, 0.717) is 12.1 Å². The molecule has 0 unspecified atom stereocenters. The Labute approximate surface area is 85.0 Å². The van der Waals surface area contributed by atoms with Crippen LogP contribution in [0.3, 0.4) is 0 Å². The van der Waals surface area contributed by atoms with Crippen molar-refractivity contribution < 1.29 is 0 Å². The molecule has 0 aliphatic rings. The Kier molecular flexibility index (Phi) is 4.91. The predicted octanol–water partition coefficient (Wildman–Crippen LogP) is 3.75. The van der Waals surface area contributed by atoms with Gasteiger partial charge in [0.25, 0.3) is 0 Å². The van der Waals surface area contributed by atoms with Crippen LogP contribution in [0.15, 0.2) is 10.2 Å². The van der Waals surface area contributed by atoms with Gasteiger partial charge in [-0.25, -0.2) is 0 Å². The zero-order valence-corrected chi connectivity index (χ0v) is 10.6. The molecule has 0 atom stereocenters. The SMILES string of the molecule is CC(C)=C(Br)N(C(C)C)C(C)C. The van der Waals surface area contributed by atoms with Crippen LogP contribution in [0.25, 0.3) is 0 Å². The van der Waals surface area contributed by atoms with Crippen molar-refractivity contribution in [3.63, 3.8) is 0 Å². The monoisotopic (exact) mass is 233 g/mol. The molecule has 0 aromatic rings. The third kappa shape index (κ3) is 3.18. The van der Waals surface area contributed by atoms with Gasteiger partial charge in [-0.3, -0.25) is 0 Å². The molecule has 0 aromatic carbocycles. The number of hydrogen-bond acceptors (Lipinski definition) is 1. The van der Waals surface area contributed by atoms with E-state index < -0.39 is 0 Å².